The molecule has 9 heteroatoms. The van der Waals surface area contributed by atoms with Crippen molar-refractivity contribution in [2.24, 2.45) is 7.05 Å². The standard InChI is InChI=1S/C30H31BrN6O2/c1-34-27(25(31)28(38)33-34)26(23-10-4-2-5-11-23)35-17-14-30(15-18-35)29(39)36(20-22-9-8-16-32-19-22)21-37(30)24-12-6-3-7-13-24/h2-13,16,19,26H,14-15,17-18,20-21H2,1H3,(H,33,38). The highest BCUT2D eigenvalue weighted by molar-refractivity contribution is 9.10. The van der Waals surface area contributed by atoms with Gasteiger partial charge in [-0.1, -0.05) is 54.6 Å². The minimum absolute atomic E-state index is 0.130. The van der Waals surface area contributed by atoms with Gasteiger partial charge in [-0.3, -0.25) is 29.3 Å². The van der Waals surface area contributed by atoms with Gasteiger partial charge in [0.05, 0.1) is 18.4 Å². The summed E-state index contributed by atoms with van der Waals surface area (Å²) in [4.78, 5) is 37.6. The Morgan fingerprint density at radius 2 is 1.67 bits per heavy atom. The van der Waals surface area contributed by atoms with Crippen LogP contribution in [-0.2, 0) is 18.4 Å². The number of amides is 1. The maximum atomic E-state index is 14.2. The van der Waals surface area contributed by atoms with Crippen molar-refractivity contribution in [3.05, 3.63) is 117 Å². The molecular formula is C30H31BrN6O2. The second kappa shape index (κ2) is 10.5. The molecule has 2 aromatic heterocycles. The molecule has 1 amide bonds. The molecule has 0 radical (unpaired) electrons. The minimum atomic E-state index is -0.622. The van der Waals surface area contributed by atoms with Gasteiger partial charge in [0.1, 0.15) is 10.0 Å². The fourth-order valence-electron chi connectivity index (χ4n) is 6.19. The van der Waals surface area contributed by atoms with E-state index in [1.165, 1.54) is 0 Å². The van der Waals surface area contributed by atoms with Crippen molar-refractivity contribution in [2.45, 2.75) is 31.0 Å². The number of aryl methyl sites for hydroxylation is 1. The zero-order chi connectivity index (χ0) is 27.0. The number of carbonyl (C=O) groups is 1. The summed E-state index contributed by atoms with van der Waals surface area (Å²) in [5.41, 5.74) is 3.31. The van der Waals surface area contributed by atoms with Crippen LogP contribution in [-0.4, -0.2) is 55.8 Å². The van der Waals surface area contributed by atoms with Crippen LogP contribution < -0.4 is 10.5 Å². The summed E-state index contributed by atoms with van der Waals surface area (Å²) < 4.78 is 2.35. The number of pyridine rings is 1. The van der Waals surface area contributed by atoms with Gasteiger partial charge in [0.15, 0.2) is 0 Å². The molecule has 0 saturated carbocycles. The van der Waals surface area contributed by atoms with E-state index in [0.717, 1.165) is 22.5 Å². The van der Waals surface area contributed by atoms with Gasteiger partial charge in [-0.2, -0.15) is 0 Å². The third-order valence-electron chi connectivity index (χ3n) is 8.10. The zero-order valence-electron chi connectivity index (χ0n) is 21.8. The average Bonchev–Trinajstić information content (AvgIpc) is 3.38. The molecule has 6 rings (SSSR count). The van der Waals surface area contributed by atoms with E-state index >= 15 is 0 Å². The predicted octanol–water partition coefficient (Wildman–Crippen LogP) is 4.30. The Morgan fingerprint density at radius 1 is 0.974 bits per heavy atom. The average molecular weight is 588 g/mol. The predicted molar refractivity (Wildman–Crippen MR) is 154 cm³/mol. The lowest BCUT2D eigenvalue weighted by molar-refractivity contribution is -0.134. The fraction of sp³-hybridized carbons (Fsp3) is 0.300. The molecule has 0 aliphatic carbocycles. The first-order valence-electron chi connectivity index (χ1n) is 13.2. The molecule has 200 valence electrons. The molecule has 39 heavy (non-hydrogen) atoms. The van der Waals surface area contributed by atoms with Crippen LogP contribution in [0.5, 0.6) is 0 Å². The van der Waals surface area contributed by atoms with Crippen LogP contribution >= 0.6 is 15.9 Å². The molecule has 2 fully saturated rings. The van der Waals surface area contributed by atoms with E-state index in [9.17, 15) is 9.59 Å². The Kier molecular flexibility index (Phi) is 6.86. The van der Waals surface area contributed by atoms with Gasteiger partial charge < -0.3 is 9.80 Å². The lowest BCUT2D eigenvalue weighted by Crippen LogP contribution is -2.57. The second-order valence-corrected chi connectivity index (χ2v) is 11.1. The summed E-state index contributed by atoms with van der Waals surface area (Å²) in [7, 11) is 1.87. The molecule has 1 spiro atoms. The number of carbonyl (C=O) groups excluding carboxylic acids is 1. The van der Waals surface area contributed by atoms with E-state index in [4.69, 9.17) is 0 Å². The highest BCUT2D eigenvalue weighted by Gasteiger charge is 2.54. The molecule has 2 aliphatic rings. The normalized spacial score (nSPS) is 18.2. The molecule has 1 unspecified atom stereocenters. The van der Waals surface area contributed by atoms with Crippen molar-refractivity contribution in [1.29, 1.82) is 0 Å². The highest BCUT2D eigenvalue weighted by atomic mass is 79.9. The summed E-state index contributed by atoms with van der Waals surface area (Å²) in [5.74, 6) is 0.168. The first-order valence-corrected chi connectivity index (χ1v) is 14.0. The number of piperidine rings is 1. The molecule has 0 bridgehead atoms. The number of anilines is 1. The summed E-state index contributed by atoms with van der Waals surface area (Å²) in [6.45, 7) is 2.49. The number of aromatic nitrogens is 3. The van der Waals surface area contributed by atoms with E-state index < -0.39 is 5.54 Å². The van der Waals surface area contributed by atoms with Crippen molar-refractivity contribution in [3.8, 4) is 0 Å². The topological polar surface area (TPSA) is 77.5 Å². The molecule has 2 aromatic carbocycles. The van der Waals surface area contributed by atoms with Crippen molar-refractivity contribution >= 4 is 27.5 Å². The van der Waals surface area contributed by atoms with Gasteiger partial charge in [-0.05, 0) is 58.1 Å². The smallest absolute Gasteiger partial charge is 0.278 e. The van der Waals surface area contributed by atoms with Gasteiger partial charge in [-0.15, -0.1) is 0 Å². The third kappa shape index (κ3) is 4.59. The summed E-state index contributed by atoms with van der Waals surface area (Å²) in [6, 6.07) is 24.3. The van der Waals surface area contributed by atoms with Crippen LogP contribution in [0.15, 0.2) is 94.5 Å². The molecule has 4 heterocycles. The highest BCUT2D eigenvalue weighted by Crippen LogP contribution is 2.43. The molecule has 8 nitrogen and oxygen atoms in total. The lowest BCUT2D eigenvalue weighted by Gasteiger charge is -2.45. The van der Waals surface area contributed by atoms with Crippen molar-refractivity contribution in [2.75, 3.05) is 24.7 Å². The summed E-state index contributed by atoms with van der Waals surface area (Å²) >= 11 is 3.55. The van der Waals surface area contributed by atoms with E-state index in [1.807, 2.05) is 66.7 Å². The first kappa shape index (κ1) is 25.6. The van der Waals surface area contributed by atoms with E-state index in [0.29, 0.717) is 43.6 Å². The largest absolute Gasteiger partial charge is 0.339 e. The lowest BCUT2D eigenvalue weighted by atomic mass is 9.84. The van der Waals surface area contributed by atoms with E-state index in [-0.39, 0.29) is 17.5 Å². The Bertz CT molecular complexity index is 1500. The van der Waals surface area contributed by atoms with Crippen molar-refractivity contribution < 1.29 is 4.79 Å². The zero-order valence-corrected chi connectivity index (χ0v) is 23.4. The molecule has 4 aromatic rings. The van der Waals surface area contributed by atoms with Gasteiger partial charge >= 0.3 is 0 Å². The number of nitrogens with zero attached hydrogens (tertiary/aromatic N) is 5. The van der Waals surface area contributed by atoms with Gasteiger partial charge in [-0.25, -0.2) is 0 Å². The van der Waals surface area contributed by atoms with Crippen LogP contribution in [0.1, 0.15) is 35.7 Å². The third-order valence-corrected chi connectivity index (χ3v) is 8.86. The summed E-state index contributed by atoms with van der Waals surface area (Å²) in [6.07, 6.45) is 4.95. The number of H-pyrrole nitrogens is 1. The number of rotatable bonds is 6. The van der Waals surface area contributed by atoms with Crippen LogP contribution in [0, 0.1) is 0 Å². The van der Waals surface area contributed by atoms with Crippen LogP contribution in [0.4, 0.5) is 5.69 Å². The molecule has 1 atom stereocenters. The number of likely N-dealkylation sites (tertiary alicyclic amines) is 1. The molecular weight excluding hydrogens is 556 g/mol. The monoisotopic (exact) mass is 586 g/mol. The molecule has 2 saturated heterocycles. The minimum Gasteiger partial charge on any atom is -0.339 e. The van der Waals surface area contributed by atoms with Crippen molar-refractivity contribution in [1.82, 2.24) is 24.6 Å². The molecule has 1 N–H and O–H groups in total. The SMILES string of the molecule is Cn1[nH]c(=O)c(Br)c1C(c1ccccc1)N1CCC2(CC1)C(=O)N(Cc1cccnc1)CN2c1ccccc1. The Balaban J connectivity index is 1.33. The fourth-order valence-corrected chi connectivity index (χ4v) is 6.76. The van der Waals surface area contributed by atoms with E-state index in [2.05, 4.69) is 60.1 Å². The first-order chi connectivity index (χ1) is 19.0. The van der Waals surface area contributed by atoms with Crippen LogP contribution in [0.25, 0.3) is 0 Å². The van der Waals surface area contributed by atoms with Gasteiger partial charge in [0, 0.05) is 44.8 Å². The summed E-state index contributed by atoms with van der Waals surface area (Å²) in [5, 5.41) is 2.89. The Hall–Kier alpha value is -3.69. The number of halogens is 1. The molecule has 2 aliphatic heterocycles. The number of nitrogens with one attached hydrogen (secondary N) is 1. The van der Waals surface area contributed by atoms with Crippen molar-refractivity contribution in [3.63, 3.8) is 0 Å². The van der Waals surface area contributed by atoms with Gasteiger partial charge in [0.2, 0.25) is 5.91 Å². The number of para-hydroxylation sites is 1. The Morgan fingerprint density at radius 3 is 2.28 bits per heavy atom. The van der Waals surface area contributed by atoms with E-state index in [1.54, 1.807) is 10.9 Å². The van der Waals surface area contributed by atoms with Crippen LogP contribution in [0.2, 0.25) is 0 Å². The Labute approximate surface area is 236 Å². The number of hydrogen-bond donors (Lipinski definition) is 1. The maximum absolute atomic E-state index is 14.2. The second-order valence-electron chi connectivity index (χ2n) is 10.3. The maximum Gasteiger partial charge on any atom is 0.278 e. The quantitative estimate of drug-likeness (QED) is 0.364. The van der Waals surface area contributed by atoms with Gasteiger partial charge in [0.25, 0.3) is 5.56 Å². The number of benzene rings is 2. The number of hydrogen-bond acceptors (Lipinski definition) is 5. The number of aromatic amines is 1. The van der Waals surface area contributed by atoms with Crippen LogP contribution in [0.3, 0.4) is 0 Å².